The zero-order chi connectivity index (χ0) is 20.8. The van der Waals surface area contributed by atoms with Crippen LogP contribution in [0.4, 0.5) is 0 Å². The van der Waals surface area contributed by atoms with Crippen LogP contribution >= 0.6 is 0 Å². The van der Waals surface area contributed by atoms with Gasteiger partial charge in [-0.15, -0.1) is 10.2 Å². The Morgan fingerprint density at radius 2 is 2.03 bits per heavy atom. The first-order valence-electron chi connectivity index (χ1n) is 10.6. The molecule has 1 fully saturated rings. The second kappa shape index (κ2) is 9.87. The monoisotopic (exact) mass is 397 g/mol. The van der Waals surface area contributed by atoms with Gasteiger partial charge < -0.3 is 15.2 Å². The minimum Gasteiger partial charge on any atom is -0.355 e. The van der Waals surface area contributed by atoms with Gasteiger partial charge in [0.25, 0.3) is 0 Å². The Morgan fingerprint density at radius 1 is 1.21 bits per heavy atom. The van der Waals surface area contributed by atoms with Crippen molar-refractivity contribution >= 4 is 5.96 Å². The van der Waals surface area contributed by atoms with Crippen LogP contribution in [0.2, 0.25) is 0 Å². The Kier molecular flexibility index (Phi) is 7.25. The van der Waals surface area contributed by atoms with Crippen molar-refractivity contribution in [2.45, 2.75) is 59.7 Å². The number of rotatable bonds is 7. The maximum absolute atomic E-state index is 4.87. The van der Waals surface area contributed by atoms with Crippen LogP contribution in [0.1, 0.15) is 48.1 Å². The highest BCUT2D eigenvalue weighted by Gasteiger charge is 2.22. The molecular weight excluding hydrogens is 362 g/mol. The van der Waals surface area contributed by atoms with E-state index in [1.54, 1.807) is 0 Å². The van der Waals surface area contributed by atoms with Gasteiger partial charge in [-0.3, -0.25) is 4.90 Å². The number of benzene rings is 1. The van der Waals surface area contributed by atoms with Crippen LogP contribution in [-0.4, -0.2) is 51.3 Å². The van der Waals surface area contributed by atoms with Gasteiger partial charge in [-0.25, -0.2) is 4.99 Å². The zero-order valence-electron chi connectivity index (χ0n) is 18.5. The first kappa shape index (κ1) is 21.3. The summed E-state index contributed by atoms with van der Waals surface area (Å²) in [4.78, 5) is 7.41. The average molecular weight is 398 g/mol. The first-order valence-corrected chi connectivity index (χ1v) is 10.6. The smallest absolute Gasteiger partial charge is 0.192 e. The molecule has 29 heavy (non-hydrogen) atoms. The van der Waals surface area contributed by atoms with E-state index in [0.29, 0.717) is 19.1 Å². The molecule has 2 heterocycles. The Morgan fingerprint density at radius 3 is 2.72 bits per heavy atom. The van der Waals surface area contributed by atoms with E-state index >= 15 is 0 Å². The summed E-state index contributed by atoms with van der Waals surface area (Å²) >= 11 is 0. The molecule has 1 atom stereocenters. The van der Waals surface area contributed by atoms with Crippen LogP contribution in [0, 0.1) is 20.8 Å². The van der Waals surface area contributed by atoms with Gasteiger partial charge >= 0.3 is 0 Å². The van der Waals surface area contributed by atoms with Crippen LogP contribution in [0.15, 0.2) is 23.2 Å². The molecule has 0 radical (unpaired) electrons. The number of hydrogen-bond donors (Lipinski definition) is 2. The topological polar surface area (TPSA) is 70.4 Å². The summed E-state index contributed by atoms with van der Waals surface area (Å²) in [6, 6.07) is 7.11. The van der Waals surface area contributed by atoms with E-state index in [1.807, 2.05) is 18.5 Å². The lowest BCUT2D eigenvalue weighted by Crippen LogP contribution is -2.44. The third-order valence-electron chi connectivity index (χ3n) is 5.91. The van der Waals surface area contributed by atoms with Gasteiger partial charge in [0.1, 0.15) is 5.82 Å². The second-order valence-electron chi connectivity index (χ2n) is 7.98. The Bertz CT molecular complexity index is 840. The average Bonchev–Trinajstić information content (AvgIpc) is 3.29. The molecule has 7 heteroatoms. The number of nitrogens with zero attached hydrogens (tertiary/aromatic N) is 5. The van der Waals surface area contributed by atoms with Crippen LogP contribution in [0.3, 0.4) is 0 Å². The van der Waals surface area contributed by atoms with Gasteiger partial charge in [0.05, 0.1) is 13.1 Å². The predicted molar refractivity (Wildman–Crippen MR) is 118 cm³/mol. The SMILES string of the molecule is CCN1CCCC1CNC(=NCc1ccc(C)cc1C)NCc1nnc(C)n1C. The summed E-state index contributed by atoms with van der Waals surface area (Å²) in [6.45, 7) is 12.9. The van der Waals surface area contributed by atoms with Gasteiger partial charge in [0.2, 0.25) is 0 Å². The molecule has 1 aliphatic heterocycles. The van der Waals surface area contributed by atoms with E-state index in [4.69, 9.17) is 4.99 Å². The van der Waals surface area contributed by atoms with E-state index in [2.05, 4.69) is 64.7 Å². The molecule has 1 aliphatic rings. The molecule has 2 N–H and O–H groups in total. The van der Waals surface area contributed by atoms with Crippen molar-refractivity contribution < 1.29 is 0 Å². The summed E-state index contributed by atoms with van der Waals surface area (Å²) in [5, 5.41) is 15.4. The fourth-order valence-corrected chi connectivity index (χ4v) is 3.89. The molecule has 0 bridgehead atoms. The van der Waals surface area contributed by atoms with Crippen LogP contribution < -0.4 is 10.6 Å². The number of likely N-dealkylation sites (tertiary alicyclic amines) is 1. The molecular formula is C22H35N7. The van der Waals surface area contributed by atoms with E-state index in [1.165, 1.54) is 36.1 Å². The highest BCUT2D eigenvalue weighted by Crippen LogP contribution is 2.15. The van der Waals surface area contributed by atoms with E-state index in [-0.39, 0.29) is 0 Å². The fourth-order valence-electron chi connectivity index (χ4n) is 3.89. The minimum absolute atomic E-state index is 0.574. The van der Waals surface area contributed by atoms with Gasteiger partial charge in [0, 0.05) is 19.6 Å². The third-order valence-corrected chi connectivity index (χ3v) is 5.91. The molecule has 0 amide bonds. The van der Waals surface area contributed by atoms with Gasteiger partial charge in [-0.05, 0) is 57.8 Å². The van der Waals surface area contributed by atoms with Gasteiger partial charge in [0.15, 0.2) is 11.8 Å². The van der Waals surface area contributed by atoms with E-state index < -0.39 is 0 Å². The molecule has 3 rings (SSSR count). The van der Waals surface area contributed by atoms with Crippen molar-refractivity contribution in [1.29, 1.82) is 0 Å². The fraction of sp³-hybridized carbons (Fsp3) is 0.591. The molecule has 1 saturated heterocycles. The Hall–Kier alpha value is -2.41. The van der Waals surface area contributed by atoms with Gasteiger partial charge in [-0.1, -0.05) is 30.7 Å². The molecule has 0 saturated carbocycles. The molecule has 1 aromatic carbocycles. The van der Waals surface area contributed by atoms with Crippen LogP contribution in [-0.2, 0) is 20.1 Å². The van der Waals surface area contributed by atoms with Crippen molar-refractivity contribution in [1.82, 2.24) is 30.3 Å². The zero-order valence-corrected chi connectivity index (χ0v) is 18.5. The number of likely N-dealkylation sites (N-methyl/N-ethyl adjacent to an activating group) is 1. The summed E-state index contributed by atoms with van der Waals surface area (Å²) in [7, 11) is 1.99. The normalized spacial score (nSPS) is 17.7. The largest absolute Gasteiger partial charge is 0.355 e. The lowest BCUT2D eigenvalue weighted by molar-refractivity contribution is 0.267. The highest BCUT2D eigenvalue weighted by molar-refractivity contribution is 5.79. The summed E-state index contributed by atoms with van der Waals surface area (Å²) in [6.07, 6.45) is 2.52. The first-order chi connectivity index (χ1) is 14.0. The lowest BCUT2D eigenvalue weighted by atomic mass is 10.1. The van der Waals surface area contributed by atoms with Gasteiger partial charge in [-0.2, -0.15) is 0 Å². The standard InChI is InChI=1S/C22H35N7/c1-6-29-11-7-8-20(29)14-24-22(25-15-21-27-26-18(4)28(21)5)23-13-19-10-9-16(2)12-17(19)3/h9-10,12,20H,6-8,11,13-15H2,1-5H3,(H2,23,24,25). The van der Waals surface area contributed by atoms with Crippen molar-refractivity contribution in [3.05, 3.63) is 46.5 Å². The molecule has 2 aromatic rings. The summed E-state index contributed by atoms with van der Waals surface area (Å²) < 4.78 is 2.00. The van der Waals surface area contributed by atoms with Crippen molar-refractivity contribution in [3.63, 3.8) is 0 Å². The van der Waals surface area contributed by atoms with Crippen LogP contribution in [0.5, 0.6) is 0 Å². The number of aryl methyl sites for hydroxylation is 3. The number of nitrogens with one attached hydrogen (secondary N) is 2. The highest BCUT2D eigenvalue weighted by atomic mass is 15.3. The number of guanidine groups is 1. The Balaban J connectivity index is 1.68. The molecule has 1 aromatic heterocycles. The van der Waals surface area contributed by atoms with Crippen molar-refractivity contribution in [3.8, 4) is 0 Å². The maximum Gasteiger partial charge on any atom is 0.192 e. The number of hydrogen-bond acceptors (Lipinski definition) is 4. The minimum atomic E-state index is 0.574. The molecule has 0 aliphatic carbocycles. The third kappa shape index (κ3) is 5.56. The molecule has 1 unspecified atom stereocenters. The Labute approximate surface area is 174 Å². The van der Waals surface area contributed by atoms with Crippen LogP contribution in [0.25, 0.3) is 0 Å². The maximum atomic E-state index is 4.87. The predicted octanol–water partition coefficient (Wildman–Crippen LogP) is 2.46. The molecule has 7 nitrogen and oxygen atoms in total. The van der Waals surface area contributed by atoms with E-state index in [9.17, 15) is 0 Å². The molecule has 158 valence electrons. The second-order valence-corrected chi connectivity index (χ2v) is 7.98. The molecule has 0 spiro atoms. The lowest BCUT2D eigenvalue weighted by Gasteiger charge is -2.24. The van der Waals surface area contributed by atoms with E-state index in [0.717, 1.165) is 30.7 Å². The van der Waals surface area contributed by atoms with Crippen molar-refractivity contribution in [2.75, 3.05) is 19.6 Å². The number of aromatic nitrogens is 3. The quantitative estimate of drug-likeness (QED) is 0.555. The number of aliphatic imine (C=N–C) groups is 1. The summed E-state index contributed by atoms with van der Waals surface area (Å²) in [5.74, 6) is 2.64. The van der Waals surface area contributed by atoms with Crippen molar-refractivity contribution in [2.24, 2.45) is 12.0 Å². The summed E-state index contributed by atoms with van der Waals surface area (Å²) in [5.41, 5.74) is 3.82.